The number of hydrogen-bond donors (Lipinski definition) is 3. The number of aromatic hydroxyl groups is 1. The number of carbonyl (C=O) groups is 3. The lowest BCUT2D eigenvalue weighted by Gasteiger charge is -2.35. The van der Waals surface area contributed by atoms with Gasteiger partial charge in [0.1, 0.15) is 5.75 Å². The van der Waals surface area contributed by atoms with Crippen molar-refractivity contribution in [2.24, 2.45) is 0 Å². The molecule has 3 amide bonds. The standard InChI is InChI=1S/C22H24N4O4/c27-19-3-1-2-18(14-19)25-10-12-26(13-11-25)22(30)21(29)24-16-6-4-15(5-7-16)20(28)23-17-8-9-17/h1-7,14,17,27H,8-13H2,(H,23,28)(H,24,29). The first-order chi connectivity index (χ1) is 14.5. The lowest BCUT2D eigenvalue weighted by Crippen LogP contribution is -2.51. The Bertz CT molecular complexity index is 948. The van der Waals surface area contributed by atoms with E-state index in [0.717, 1.165) is 18.5 Å². The highest BCUT2D eigenvalue weighted by Gasteiger charge is 2.27. The molecule has 1 saturated carbocycles. The summed E-state index contributed by atoms with van der Waals surface area (Å²) < 4.78 is 0. The summed E-state index contributed by atoms with van der Waals surface area (Å²) in [7, 11) is 0. The predicted molar refractivity (Wildman–Crippen MR) is 112 cm³/mol. The van der Waals surface area contributed by atoms with Crippen LogP contribution in [0.2, 0.25) is 0 Å². The Balaban J connectivity index is 1.28. The van der Waals surface area contributed by atoms with E-state index >= 15 is 0 Å². The molecular weight excluding hydrogens is 384 g/mol. The summed E-state index contributed by atoms with van der Waals surface area (Å²) in [5.74, 6) is -1.21. The average Bonchev–Trinajstić information content (AvgIpc) is 3.58. The number of benzene rings is 2. The summed E-state index contributed by atoms with van der Waals surface area (Å²) >= 11 is 0. The SMILES string of the molecule is O=C(Nc1ccc(C(=O)NC2CC2)cc1)C(=O)N1CCN(c2cccc(O)c2)CC1. The maximum absolute atomic E-state index is 12.5. The van der Waals surface area contributed by atoms with Gasteiger partial charge in [0, 0.05) is 55.2 Å². The fourth-order valence-corrected chi connectivity index (χ4v) is 3.39. The lowest BCUT2D eigenvalue weighted by molar-refractivity contribution is -0.143. The van der Waals surface area contributed by atoms with Gasteiger partial charge in [-0.25, -0.2) is 0 Å². The molecule has 0 aromatic heterocycles. The maximum Gasteiger partial charge on any atom is 0.313 e. The number of anilines is 2. The van der Waals surface area contributed by atoms with Gasteiger partial charge in [-0.15, -0.1) is 0 Å². The van der Waals surface area contributed by atoms with E-state index in [9.17, 15) is 19.5 Å². The highest BCUT2D eigenvalue weighted by Crippen LogP contribution is 2.22. The number of rotatable bonds is 4. The smallest absolute Gasteiger partial charge is 0.313 e. The Morgan fingerprint density at radius 2 is 1.63 bits per heavy atom. The molecule has 8 nitrogen and oxygen atoms in total. The second-order valence-electron chi connectivity index (χ2n) is 7.58. The van der Waals surface area contributed by atoms with Gasteiger partial charge in [0.05, 0.1) is 0 Å². The molecule has 30 heavy (non-hydrogen) atoms. The van der Waals surface area contributed by atoms with Gasteiger partial charge >= 0.3 is 11.8 Å². The van der Waals surface area contributed by atoms with Crippen molar-refractivity contribution in [3.63, 3.8) is 0 Å². The van der Waals surface area contributed by atoms with Crippen molar-refractivity contribution in [3.05, 3.63) is 54.1 Å². The predicted octanol–water partition coefficient (Wildman–Crippen LogP) is 1.57. The molecule has 2 aromatic carbocycles. The molecule has 3 N–H and O–H groups in total. The van der Waals surface area contributed by atoms with E-state index in [-0.39, 0.29) is 17.7 Å². The molecule has 1 aliphatic heterocycles. The molecule has 2 fully saturated rings. The molecule has 1 aliphatic carbocycles. The highest BCUT2D eigenvalue weighted by molar-refractivity contribution is 6.39. The molecule has 2 aromatic rings. The molecule has 0 atom stereocenters. The van der Waals surface area contributed by atoms with Crippen molar-refractivity contribution in [2.45, 2.75) is 18.9 Å². The monoisotopic (exact) mass is 408 g/mol. The van der Waals surface area contributed by atoms with Gasteiger partial charge in [-0.3, -0.25) is 14.4 Å². The molecule has 1 heterocycles. The van der Waals surface area contributed by atoms with E-state index < -0.39 is 11.8 Å². The van der Waals surface area contributed by atoms with Crippen LogP contribution in [0, 0.1) is 0 Å². The van der Waals surface area contributed by atoms with Gasteiger partial charge in [0.2, 0.25) is 0 Å². The molecule has 4 rings (SSSR count). The molecule has 8 heteroatoms. The normalized spacial score (nSPS) is 16.1. The van der Waals surface area contributed by atoms with E-state index in [1.54, 1.807) is 42.5 Å². The summed E-state index contributed by atoms with van der Waals surface area (Å²) in [6, 6.07) is 13.7. The Kier molecular flexibility index (Phi) is 5.56. The Hall–Kier alpha value is -3.55. The van der Waals surface area contributed by atoms with Crippen LogP contribution in [0.25, 0.3) is 0 Å². The maximum atomic E-state index is 12.5. The van der Waals surface area contributed by atoms with Crippen LogP contribution in [0.5, 0.6) is 5.75 Å². The molecule has 156 valence electrons. The minimum atomic E-state index is -0.698. The van der Waals surface area contributed by atoms with Crippen LogP contribution in [0.15, 0.2) is 48.5 Å². The third-order valence-corrected chi connectivity index (χ3v) is 5.27. The zero-order valence-corrected chi connectivity index (χ0v) is 16.5. The number of hydrogen-bond acceptors (Lipinski definition) is 5. The average molecular weight is 408 g/mol. The third kappa shape index (κ3) is 4.71. The van der Waals surface area contributed by atoms with Crippen LogP contribution in [0.4, 0.5) is 11.4 Å². The zero-order chi connectivity index (χ0) is 21.1. The van der Waals surface area contributed by atoms with Gasteiger partial charge in [-0.1, -0.05) is 6.07 Å². The molecule has 0 unspecified atom stereocenters. The first kappa shape index (κ1) is 19.8. The minimum Gasteiger partial charge on any atom is -0.508 e. The highest BCUT2D eigenvalue weighted by atomic mass is 16.3. The van der Waals surface area contributed by atoms with Crippen LogP contribution < -0.4 is 15.5 Å². The first-order valence-corrected chi connectivity index (χ1v) is 10.0. The van der Waals surface area contributed by atoms with E-state index in [1.165, 1.54) is 4.90 Å². The molecule has 1 saturated heterocycles. The third-order valence-electron chi connectivity index (χ3n) is 5.27. The number of nitrogens with one attached hydrogen (secondary N) is 2. The van der Waals surface area contributed by atoms with Crippen LogP contribution in [0.3, 0.4) is 0 Å². The largest absolute Gasteiger partial charge is 0.508 e. The number of phenols is 1. The summed E-state index contributed by atoms with van der Waals surface area (Å²) in [6.07, 6.45) is 2.04. The fourth-order valence-electron chi connectivity index (χ4n) is 3.39. The van der Waals surface area contributed by atoms with Crippen LogP contribution >= 0.6 is 0 Å². The van der Waals surface area contributed by atoms with Gasteiger partial charge in [0.15, 0.2) is 0 Å². The fraction of sp³-hybridized carbons (Fsp3) is 0.318. The van der Waals surface area contributed by atoms with Crippen molar-refractivity contribution >= 4 is 29.1 Å². The molecule has 2 aliphatic rings. The summed E-state index contributed by atoms with van der Waals surface area (Å²) in [5, 5.41) is 15.1. The molecule has 0 radical (unpaired) electrons. The number of piperazine rings is 1. The van der Waals surface area contributed by atoms with Gasteiger partial charge in [-0.2, -0.15) is 0 Å². The first-order valence-electron chi connectivity index (χ1n) is 10.0. The van der Waals surface area contributed by atoms with Gasteiger partial charge in [0.25, 0.3) is 5.91 Å². The topological polar surface area (TPSA) is 102 Å². The minimum absolute atomic E-state index is 0.129. The lowest BCUT2D eigenvalue weighted by atomic mass is 10.2. The second-order valence-corrected chi connectivity index (χ2v) is 7.58. The molecular formula is C22H24N4O4. The summed E-state index contributed by atoms with van der Waals surface area (Å²) in [4.78, 5) is 40.4. The van der Waals surface area contributed by atoms with Crippen molar-refractivity contribution in [1.82, 2.24) is 10.2 Å². The van der Waals surface area contributed by atoms with E-state index in [2.05, 4.69) is 15.5 Å². The molecule has 0 spiro atoms. The van der Waals surface area contributed by atoms with Gasteiger partial charge < -0.3 is 25.5 Å². The Morgan fingerprint density at radius 1 is 0.933 bits per heavy atom. The quantitative estimate of drug-likeness (QED) is 0.667. The number of amides is 3. The Labute approximate surface area is 174 Å². The van der Waals surface area contributed by atoms with Gasteiger partial charge in [-0.05, 0) is 49.2 Å². The van der Waals surface area contributed by atoms with E-state index in [1.807, 2.05) is 6.07 Å². The Morgan fingerprint density at radius 3 is 2.27 bits per heavy atom. The van der Waals surface area contributed by atoms with E-state index in [4.69, 9.17) is 0 Å². The van der Waals surface area contributed by atoms with Crippen LogP contribution in [0.1, 0.15) is 23.2 Å². The molecule has 0 bridgehead atoms. The number of phenolic OH excluding ortho intramolecular Hbond substituents is 1. The van der Waals surface area contributed by atoms with E-state index in [0.29, 0.717) is 37.4 Å². The number of nitrogens with zero attached hydrogens (tertiary/aromatic N) is 2. The second kappa shape index (κ2) is 8.44. The number of carbonyl (C=O) groups excluding carboxylic acids is 3. The van der Waals surface area contributed by atoms with Crippen molar-refractivity contribution < 1.29 is 19.5 Å². The van der Waals surface area contributed by atoms with Crippen molar-refractivity contribution in [1.29, 1.82) is 0 Å². The van der Waals surface area contributed by atoms with Crippen molar-refractivity contribution in [2.75, 3.05) is 36.4 Å². The summed E-state index contributed by atoms with van der Waals surface area (Å²) in [6.45, 7) is 1.99. The zero-order valence-electron chi connectivity index (χ0n) is 16.5. The summed E-state index contributed by atoms with van der Waals surface area (Å²) in [5.41, 5.74) is 1.88. The van der Waals surface area contributed by atoms with Crippen LogP contribution in [-0.4, -0.2) is 59.9 Å². The van der Waals surface area contributed by atoms with Crippen LogP contribution in [-0.2, 0) is 9.59 Å². The van der Waals surface area contributed by atoms with Crippen molar-refractivity contribution in [3.8, 4) is 5.75 Å².